The summed E-state index contributed by atoms with van der Waals surface area (Å²) >= 11 is 0. The number of amides is 2. The molecule has 1 atom stereocenters. The summed E-state index contributed by atoms with van der Waals surface area (Å²) in [4.78, 5) is 28.4. The van der Waals surface area contributed by atoms with Crippen LogP contribution in [0.15, 0.2) is 54.6 Å². The highest BCUT2D eigenvalue weighted by molar-refractivity contribution is 6.03. The third-order valence-corrected chi connectivity index (χ3v) is 6.54. The van der Waals surface area contributed by atoms with Crippen molar-refractivity contribution in [2.24, 2.45) is 0 Å². The molecule has 0 aromatic heterocycles. The number of ether oxygens (including phenoxy) is 2. The third-order valence-electron chi connectivity index (χ3n) is 6.54. The summed E-state index contributed by atoms with van der Waals surface area (Å²) in [6.07, 6.45) is 0.670. The molecular formula is C25H22N2O4. The summed E-state index contributed by atoms with van der Waals surface area (Å²) in [5.74, 6) is 0.969. The highest BCUT2D eigenvalue weighted by atomic mass is 16.6. The first kappa shape index (κ1) is 18.2. The number of para-hydroxylation sites is 1. The molecule has 156 valence electrons. The molecular weight excluding hydrogens is 392 g/mol. The van der Waals surface area contributed by atoms with Crippen molar-refractivity contribution in [2.75, 3.05) is 32.8 Å². The predicted molar refractivity (Wildman–Crippen MR) is 116 cm³/mol. The number of rotatable bonds is 2. The van der Waals surface area contributed by atoms with E-state index in [2.05, 4.69) is 24.3 Å². The van der Waals surface area contributed by atoms with E-state index in [1.807, 2.05) is 35.2 Å². The number of piperazine rings is 1. The summed E-state index contributed by atoms with van der Waals surface area (Å²) in [6.45, 7) is 2.63. The number of cyclic esters (lactones) is 1. The van der Waals surface area contributed by atoms with Gasteiger partial charge in [-0.2, -0.15) is 0 Å². The minimum Gasteiger partial charge on any atom is -0.492 e. The molecule has 3 aromatic rings. The molecule has 3 heterocycles. The van der Waals surface area contributed by atoms with E-state index < -0.39 is 0 Å². The smallest absolute Gasteiger partial charge is 0.410 e. The average Bonchev–Trinajstić information content (AvgIpc) is 3.44. The Bertz CT molecular complexity index is 1220. The van der Waals surface area contributed by atoms with Gasteiger partial charge in [-0.25, -0.2) is 4.79 Å². The van der Waals surface area contributed by atoms with Gasteiger partial charge in [-0.1, -0.05) is 42.5 Å². The number of hydrogen-bond donors (Lipinski definition) is 0. The third kappa shape index (κ3) is 2.93. The second-order valence-electron chi connectivity index (χ2n) is 8.31. The second-order valence-corrected chi connectivity index (χ2v) is 8.31. The molecule has 2 saturated heterocycles. The molecule has 2 amide bonds. The minimum absolute atomic E-state index is 0.00441. The highest BCUT2D eigenvalue weighted by Crippen LogP contribution is 2.40. The van der Waals surface area contributed by atoms with Gasteiger partial charge >= 0.3 is 6.09 Å². The minimum atomic E-state index is -0.272. The van der Waals surface area contributed by atoms with E-state index in [1.165, 1.54) is 5.56 Å². The van der Waals surface area contributed by atoms with Crippen LogP contribution < -0.4 is 4.74 Å². The number of benzene rings is 3. The van der Waals surface area contributed by atoms with Crippen molar-refractivity contribution in [1.82, 2.24) is 9.80 Å². The quantitative estimate of drug-likeness (QED) is 0.641. The van der Waals surface area contributed by atoms with Crippen LogP contribution in [-0.2, 0) is 11.2 Å². The number of nitrogens with zero attached hydrogens (tertiary/aromatic N) is 2. The number of hydrogen-bond acceptors (Lipinski definition) is 4. The van der Waals surface area contributed by atoms with Crippen molar-refractivity contribution in [3.05, 3.63) is 65.7 Å². The van der Waals surface area contributed by atoms with Crippen molar-refractivity contribution in [1.29, 1.82) is 0 Å². The zero-order valence-corrected chi connectivity index (χ0v) is 17.0. The van der Waals surface area contributed by atoms with Crippen LogP contribution in [0.1, 0.15) is 15.9 Å². The van der Waals surface area contributed by atoms with Gasteiger partial charge in [0.05, 0.1) is 12.6 Å². The Morgan fingerprint density at radius 2 is 1.84 bits per heavy atom. The SMILES string of the molecule is O=C(c1ccc2c(-c3cccc4c3OCC4)cccc2c1)N1CCN2C(=O)OCC2C1. The molecule has 3 aromatic carbocycles. The van der Waals surface area contributed by atoms with Crippen LogP contribution in [0.4, 0.5) is 4.79 Å². The van der Waals surface area contributed by atoms with Gasteiger partial charge < -0.3 is 14.4 Å². The molecule has 2 fully saturated rings. The van der Waals surface area contributed by atoms with Crippen LogP contribution in [0.2, 0.25) is 0 Å². The molecule has 3 aliphatic heterocycles. The van der Waals surface area contributed by atoms with Crippen LogP contribution in [0.5, 0.6) is 5.75 Å². The molecule has 0 aliphatic carbocycles. The largest absolute Gasteiger partial charge is 0.492 e. The van der Waals surface area contributed by atoms with Gasteiger partial charge in [-0.05, 0) is 34.0 Å². The second kappa shape index (κ2) is 7.01. The highest BCUT2D eigenvalue weighted by Gasteiger charge is 2.38. The van der Waals surface area contributed by atoms with E-state index in [0.717, 1.165) is 40.7 Å². The fourth-order valence-corrected chi connectivity index (χ4v) is 4.93. The molecule has 0 N–H and O–H groups in total. The Morgan fingerprint density at radius 1 is 0.968 bits per heavy atom. The van der Waals surface area contributed by atoms with Gasteiger partial charge in [0.1, 0.15) is 12.4 Å². The molecule has 0 radical (unpaired) electrons. The fraction of sp³-hybridized carbons (Fsp3) is 0.280. The molecule has 0 saturated carbocycles. The molecule has 0 spiro atoms. The summed E-state index contributed by atoms with van der Waals surface area (Å²) < 4.78 is 11.0. The summed E-state index contributed by atoms with van der Waals surface area (Å²) in [6, 6.07) is 18.3. The van der Waals surface area contributed by atoms with E-state index >= 15 is 0 Å². The lowest BCUT2D eigenvalue weighted by Crippen LogP contribution is -2.53. The van der Waals surface area contributed by atoms with Gasteiger partial charge in [0, 0.05) is 37.2 Å². The van der Waals surface area contributed by atoms with E-state index in [4.69, 9.17) is 9.47 Å². The summed E-state index contributed by atoms with van der Waals surface area (Å²) in [5, 5.41) is 2.12. The molecule has 6 heteroatoms. The number of carbonyl (C=O) groups is 2. The van der Waals surface area contributed by atoms with Gasteiger partial charge in [0.25, 0.3) is 5.91 Å². The van der Waals surface area contributed by atoms with Crippen molar-refractivity contribution >= 4 is 22.8 Å². The van der Waals surface area contributed by atoms with Crippen LogP contribution in [0.25, 0.3) is 21.9 Å². The van der Waals surface area contributed by atoms with Gasteiger partial charge in [0.2, 0.25) is 0 Å². The molecule has 3 aliphatic rings. The average molecular weight is 414 g/mol. The lowest BCUT2D eigenvalue weighted by molar-refractivity contribution is 0.0617. The van der Waals surface area contributed by atoms with Crippen LogP contribution in [0, 0.1) is 0 Å². The van der Waals surface area contributed by atoms with Crippen molar-refractivity contribution in [2.45, 2.75) is 12.5 Å². The van der Waals surface area contributed by atoms with E-state index in [0.29, 0.717) is 31.8 Å². The topological polar surface area (TPSA) is 59.1 Å². The van der Waals surface area contributed by atoms with E-state index in [9.17, 15) is 9.59 Å². The van der Waals surface area contributed by atoms with Crippen molar-refractivity contribution < 1.29 is 19.1 Å². The lowest BCUT2D eigenvalue weighted by Gasteiger charge is -2.35. The first-order valence-electron chi connectivity index (χ1n) is 10.7. The van der Waals surface area contributed by atoms with Crippen molar-refractivity contribution in [3.8, 4) is 16.9 Å². The number of carbonyl (C=O) groups excluding carboxylic acids is 2. The van der Waals surface area contributed by atoms with Gasteiger partial charge in [-0.15, -0.1) is 0 Å². The zero-order chi connectivity index (χ0) is 20.9. The molecule has 0 bridgehead atoms. The Kier molecular flexibility index (Phi) is 4.13. The molecule has 31 heavy (non-hydrogen) atoms. The first-order valence-corrected chi connectivity index (χ1v) is 10.7. The standard InChI is InChI=1S/C25H22N2O4/c28-24(26-10-11-27-19(14-26)15-31-25(27)29)18-7-8-20-17(13-18)4-2-5-21(20)22-6-1-3-16-9-12-30-23(16)22/h1-8,13,19H,9-12,14-15H2. The van der Waals surface area contributed by atoms with E-state index in [1.54, 1.807) is 4.90 Å². The Hall–Kier alpha value is -3.54. The first-order chi connectivity index (χ1) is 15.2. The zero-order valence-electron chi connectivity index (χ0n) is 17.0. The van der Waals surface area contributed by atoms with Gasteiger partial charge in [-0.3, -0.25) is 9.69 Å². The van der Waals surface area contributed by atoms with Crippen LogP contribution in [0.3, 0.4) is 0 Å². The molecule has 6 rings (SSSR count). The van der Waals surface area contributed by atoms with Gasteiger partial charge in [0.15, 0.2) is 0 Å². The van der Waals surface area contributed by atoms with Crippen molar-refractivity contribution in [3.63, 3.8) is 0 Å². The maximum atomic E-state index is 13.2. The maximum Gasteiger partial charge on any atom is 0.410 e. The normalized spacial score (nSPS) is 19.7. The van der Waals surface area contributed by atoms with Crippen LogP contribution in [-0.4, -0.2) is 60.7 Å². The number of fused-ring (bicyclic) bond motifs is 3. The predicted octanol–water partition coefficient (Wildman–Crippen LogP) is 3.72. The van der Waals surface area contributed by atoms with Crippen LogP contribution >= 0.6 is 0 Å². The fourth-order valence-electron chi connectivity index (χ4n) is 4.93. The lowest BCUT2D eigenvalue weighted by atomic mass is 9.95. The Labute approximate surface area is 180 Å². The van der Waals surface area contributed by atoms with E-state index in [-0.39, 0.29) is 18.0 Å². The summed E-state index contributed by atoms with van der Waals surface area (Å²) in [7, 11) is 0. The Morgan fingerprint density at radius 3 is 2.77 bits per heavy atom. The summed E-state index contributed by atoms with van der Waals surface area (Å²) in [5.41, 5.74) is 4.12. The molecule has 6 nitrogen and oxygen atoms in total. The Balaban J connectivity index is 1.33. The molecule has 1 unspecified atom stereocenters. The maximum absolute atomic E-state index is 13.2. The monoisotopic (exact) mass is 414 g/mol.